The number of fused-ring (bicyclic) bond motifs is 1. The molecule has 0 unspecified atom stereocenters. The Morgan fingerprint density at radius 1 is 1.77 bits per heavy atom. The first-order chi connectivity index (χ1) is 6.33. The number of thiazole rings is 1. The lowest BCUT2D eigenvalue weighted by molar-refractivity contribution is 0.0518. The zero-order valence-electron chi connectivity index (χ0n) is 7.06. The molecule has 0 spiro atoms. The van der Waals surface area contributed by atoms with Gasteiger partial charge in [0.25, 0.3) is 0 Å². The Bertz CT molecular complexity index is 432. The fourth-order valence-corrected chi connectivity index (χ4v) is 1.77. The topological polar surface area (TPSA) is 43.6 Å². The average molecular weight is 196 g/mol. The SMILES string of the molecule is CCOC(=O)c1cnc2sccn12. The molecule has 0 aromatic carbocycles. The van der Waals surface area contributed by atoms with E-state index in [4.69, 9.17) is 4.74 Å². The van der Waals surface area contributed by atoms with Crippen LogP contribution in [0.25, 0.3) is 4.96 Å². The van der Waals surface area contributed by atoms with Crippen molar-refractivity contribution in [3.05, 3.63) is 23.5 Å². The van der Waals surface area contributed by atoms with E-state index in [2.05, 4.69) is 4.98 Å². The van der Waals surface area contributed by atoms with Gasteiger partial charge in [-0.15, -0.1) is 11.3 Å². The summed E-state index contributed by atoms with van der Waals surface area (Å²) in [7, 11) is 0. The predicted molar refractivity (Wildman–Crippen MR) is 49.0 cm³/mol. The molecule has 0 aliphatic heterocycles. The van der Waals surface area contributed by atoms with Gasteiger partial charge in [0.2, 0.25) is 0 Å². The van der Waals surface area contributed by atoms with Gasteiger partial charge in [-0.2, -0.15) is 0 Å². The minimum Gasteiger partial charge on any atom is -0.461 e. The van der Waals surface area contributed by atoms with Gasteiger partial charge >= 0.3 is 5.97 Å². The minimum atomic E-state index is -0.326. The second kappa shape index (κ2) is 3.18. The van der Waals surface area contributed by atoms with E-state index in [-0.39, 0.29) is 5.97 Å². The van der Waals surface area contributed by atoms with Gasteiger partial charge in [0.15, 0.2) is 10.7 Å². The maximum absolute atomic E-state index is 11.3. The molecule has 5 heteroatoms. The number of rotatable bonds is 2. The number of carbonyl (C=O) groups excluding carboxylic acids is 1. The zero-order valence-corrected chi connectivity index (χ0v) is 7.87. The summed E-state index contributed by atoms with van der Waals surface area (Å²) < 4.78 is 6.59. The van der Waals surface area contributed by atoms with E-state index in [1.54, 1.807) is 17.5 Å². The second-order valence-electron chi connectivity index (χ2n) is 2.42. The monoisotopic (exact) mass is 196 g/mol. The molecule has 68 valence electrons. The summed E-state index contributed by atoms with van der Waals surface area (Å²) in [6.45, 7) is 2.17. The summed E-state index contributed by atoms with van der Waals surface area (Å²) in [5.74, 6) is -0.326. The average Bonchev–Trinajstić information content (AvgIpc) is 2.62. The van der Waals surface area contributed by atoms with Gasteiger partial charge in [0.05, 0.1) is 12.8 Å². The van der Waals surface area contributed by atoms with Crippen molar-refractivity contribution in [3.8, 4) is 0 Å². The summed E-state index contributed by atoms with van der Waals surface area (Å²) in [4.78, 5) is 16.2. The van der Waals surface area contributed by atoms with Crippen LogP contribution >= 0.6 is 11.3 Å². The lowest BCUT2D eigenvalue weighted by atomic mass is 10.5. The van der Waals surface area contributed by atoms with Crippen LogP contribution in [-0.4, -0.2) is 22.0 Å². The first-order valence-corrected chi connectivity index (χ1v) is 4.78. The molecule has 0 atom stereocenters. The molecule has 0 amide bonds. The third-order valence-corrected chi connectivity index (χ3v) is 2.40. The van der Waals surface area contributed by atoms with Crippen LogP contribution in [0.15, 0.2) is 17.8 Å². The molecular formula is C8H8N2O2S. The lowest BCUT2D eigenvalue weighted by Crippen LogP contribution is -2.06. The largest absolute Gasteiger partial charge is 0.461 e. The summed E-state index contributed by atoms with van der Waals surface area (Å²) >= 11 is 1.49. The molecule has 0 aliphatic rings. The van der Waals surface area contributed by atoms with Crippen molar-refractivity contribution in [2.75, 3.05) is 6.61 Å². The van der Waals surface area contributed by atoms with Crippen LogP contribution in [0, 0.1) is 0 Å². The molecule has 0 aliphatic carbocycles. The van der Waals surface area contributed by atoms with Crippen LogP contribution in [-0.2, 0) is 4.74 Å². The zero-order chi connectivity index (χ0) is 9.26. The lowest BCUT2D eigenvalue weighted by Gasteiger charge is -1.98. The smallest absolute Gasteiger partial charge is 0.356 e. The number of aromatic nitrogens is 2. The highest BCUT2D eigenvalue weighted by Crippen LogP contribution is 2.13. The number of esters is 1. The minimum absolute atomic E-state index is 0.326. The van der Waals surface area contributed by atoms with E-state index >= 15 is 0 Å². The van der Waals surface area contributed by atoms with E-state index in [0.29, 0.717) is 12.3 Å². The van der Waals surface area contributed by atoms with Gasteiger partial charge in [-0.05, 0) is 6.92 Å². The van der Waals surface area contributed by atoms with Crippen LogP contribution in [0.5, 0.6) is 0 Å². The van der Waals surface area contributed by atoms with E-state index in [1.807, 2.05) is 5.38 Å². The van der Waals surface area contributed by atoms with Gasteiger partial charge in [-0.25, -0.2) is 9.78 Å². The van der Waals surface area contributed by atoms with Crippen molar-refractivity contribution in [2.45, 2.75) is 6.92 Å². The van der Waals surface area contributed by atoms with Crippen molar-refractivity contribution < 1.29 is 9.53 Å². The third kappa shape index (κ3) is 1.31. The Labute approximate surface area is 78.8 Å². The third-order valence-electron chi connectivity index (χ3n) is 1.63. The van der Waals surface area contributed by atoms with Gasteiger partial charge in [-0.3, -0.25) is 4.40 Å². The Hall–Kier alpha value is -1.36. The fourth-order valence-electron chi connectivity index (χ4n) is 1.08. The molecular weight excluding hydrogens is 188 g/mol. The van der Waals surface area contributed by atoms with Crippen molar-refractivity contribution in [2.24, 2.45) is 0 Å². The summed E-state index contributed by atoms with van der Waals surface area (Å²) in [5.41, 5.74) is 0.484. The predicted octanol–water partition coefficient (Wildman–Crippen LogP) is 1.57. The molecule has 4 nitrogen and oxygen atoms in total. The summed E-state index contributed by atoms with van der Waals surface area (Å²) in [6, 6.07) is 0. The normalized spacial score (nSPS) is 10.5. The molecule has 0 saturated carbocycles. The molecule has 2 rings (SSSR count). The van der Waals surface area contributed by atoms with Crippen LogP contribution in [0.3, 0.4) is 0 Å². The molecule has 13 heavy (non-hydrogen) atoms. The Kier molecular flexibility index (Phi) is 2.02. The molecule has 0 N–H and O–H groups in total. The van der Waals surface area contributed by atoms with Gasteiger partial charge < -0.3 is 4.74 Å². The molecule has 0 radical (unpaired) electrons. The van der Waals surface area contributed by atoms with Crippen molar-refractivity contribution in [3.63, 3.8) is 0 Å². The Balaban J connectivity index is 2.42. The van der Waals surface area contributed by atoms with Crippen LogP contribution in [0.2, 0.25) is 0 Å². The second-order valence-corrected chi connectivity index (χ2v) is 3.29. The Morgan fingerprint density at radius 3 is 3.38 bits per heavy atom. The Morgan fingerprint density at radius 2 is 2.62 bits per heavy atom. The molecule has 2 heterocycles. The summed E-state index contributed by atoms with van der Waals surface area (Å²) in [5, 5.41) is 1.88. The highest BCUT2D eigenvalue weighted by Gasteiger charge is 2.12. The molecule has 0 bridgehead atoms. The maximum atomic E-state index is 11.3. The number of carbonyl (C=O) groups is 1. The van der Waals surface area contributed by atoms with Crippen LogP contribution < -0.4 is 0 Å². The quantitative estimate of drug-likeness (QED) is 0.685. The van der Waals surface area contributed by atoms with E-state index < -0.39 is 0 Å². The van der Waals surface area contributed by atoms with Crippen molar-refractivity contribution in [1.29, 1.82) is 0 Å². The molecule has 2 aromatic rings. The first-order valence-electron chi connectivity index (χ1n) is 3.90. The molecule has 0 fully saturated rings. The van der Waals surface area contributed by atoms with Crippen LogP contribution in [0.1, 0.15) is 17.4 Å². The van der Waals surface area contributed by atoms with Crippen molar-refractivity contribution in [1.82, 2.24) is 9.38 Å². The van der Waals surface area contributed by atoms with Gasteiger partial charge in [-0.1, -0.05) is 0 Å². The van der Waals surface area contributed by atoms with Gasteiger partial charge in [0, 0.05) is 11.6 Å². The number of imidazole rings is 1. The highest BCUT2D eigenvalue weighted by atomic mass is 32.1. The standard InChI is InChI=1S/C8H8N2O2S/c1-2-12-7(11)6-5-9-8-10(6)3-4-13-8/h3-5H,2H2,1H3. The summed E-state index contributed by atoms with van der Waals surface area (Å²) in [6.07, 6.45) is 3.34. The highest BCUT2D eigenvalue weighted by molar-refractivity contribution is 7.15. The molecule has 0 saturated heterocycles. The van der Waals surface area contributed by atoms with Crippen molar-refractivity contribution >= 4 is 22.3 Å². The first kappa shape index (κ1) is 8.25. The number of hydrogen-bond acceptors (Lipinski definition) is 4. The van der Waals surface area contributed by atoms with E-state index in [1.165, 1.54) is 17.5 Å². The van der Waals surface area contributed by atoms with E-state index in [9.17, 15) is 4.79 Å². The fraction of sp³-hybridized carbons (Fsp3) is 0.250. The number of hydrogen-bond donors (Lipinski definition) is 0. The number of nitrogens with zero attached hydrogens (tertiary/aromatic N) is 2. The van der Waals surface area contributed by atoms with Crippen LogP contribution in [0.4, 0.5) is 0 Å². The van der Waals surface area contributed by atoms with Gasteiger partial charge in [0.1, 0.15) is 0 Å². The van der Waals surface area contributed by atoms with E-state index in [0.717, 1.165) is 4.96 Å². The maximum Gasteiger partial charge on any atom is 0.356 e. The number of ether oxygens (including phenoxy) is 1. The molecule has 2 aromatic heterocycles.